The van der Waals surface area contributed by atoms with Gasteiger partial charge in [-0.2, -0.15) is 0 Å². The predicted molar refractivity (Wildman–Crippen MR) is 94.4 cm³/mol. The summed E-state index contributed by atoms with van der Waals surface area (Å²) >= 11 is 0. The van der Waals surface area contributed by atoms with E-state index in [0.717, 1.165) is 42.6 Å². The average Bonchev–Trinajstić information content (AvgIpc) is 2.63. The summed E-state index contributed by atoms with van der Waals surface area (Å²) in [6, 6.07) is 17.8. The van der Waals surface area contributed by atoms with Crippen LogP contribution in [0.3, 0.4) is 0 Å². The molecule has 0 atom stereocenters. The number of ether oxygens (including phenoxy) is 1. The third kappa shape index (κ3) is 3.66. The Morgan fingerprint density at radius 1 is 1.00 bits per heavy atom. The molecule has 1 heterocycles. The van der Waals surface area contributed by atoms with Crippen molar-refractivity contribution in [2.75, 3.05) is 13.1 Å². The van der Waals surface area contributed by atoms with Gasteiger partial charge in [0.2, 0.25) is 0 Å². The van der Waals surface area contributed by atoms with Crippen molar-refractivity contribution in [2.45, 2.75) is 31.4 Å². The quantitative estimate of drug-likeness (QED) is 0.830. The molecule has 0 aromatic heterocycles. The van der Waals surface area contributed by atoms with Gasteiger partial charge in [0.25, 0.3) is 0 Å². The molecular formula is C20H24N2O2. The Kier molecular flexibility index (Phi) is 5.28. The van der Waals surface area contributed by atoms with Crippen LogP contribution in [0.2, 0.25) is 0 Å². The SMILES string of the molecule is NCc1ccccc1CC(=O)OC1(c2ccccc2)CCNCC1. The van der Waals surface area contributed by atoms with Gasteiger partial charge in [-0.25, -0.2) is 0 Å². The first kappa shape index (κ1) is 16.7. The Morgan fingerprint density at radius 3 is 2.29 bits per heavy atom. The van der Waals surface area contributed by atoms with Crippen LogP contribution >= 0.6 is 0 Å². The molecular weight excluding hydrogens is 300 g/mol. The lowest BCUT2D eigenvalue weighted by atomic mass is 9.84. The third-order valence-electron chi connectivity index (χ3n) is 4.69. The van der Waals surface area contributed by atoms with E-state index in [4.69, 9.17) is 10.5 Å². The molecule has 4 heteroatoms. The van der Waals surface area contributed by atoms with Crippen molar-refractivity contribution in [2.24, 2.45) is 5.73 Å². The molecule has 0 amide bonds. The van der Waals surface area contributed by atoms with Crippen molar-refractivity contribution < 1.29 is 9.53 Å². The zero-order valence-corrected chi connectivity index (χ0v) is 13.8. The summed E-state index contributed by atoms with van der Waals surface area (Å²) in [6.45, 7) is 2.13. The van der Waals surface area contributed by atoms with E-state index in [2.05, 4.69) is 5.32 Å². The number of nitrogens with one attached hydrogen (secondary N) is 1. The largest absolute Gasteiger partial charge is 0.454 e. The third-order valence-corrected chi connectivity index (χ3v) is 4.69. The first-order valence-corrected chi connectivity index (χ1v) is 8.48. The van der Waals surface area contributed by atoms with Gasteiger partial charge >= 0.3 is 5.97 Å². The van der Waals surface area contributed by atoms with Gasteiger partial charge in [-0.3, -0.25) is 4.79 Å². The summed E-state index contributed by atoms with van der Waals surface area (Å²) in [4.78, 5) is 12.6. The van der Waals surface area contributed by atoms with E-state index in [0.29, 0.717) is 6.54 Å². The lowest BCUT2D eigenvalue weighted by molar-refractivity contribution is -0.163. The normalized spacial score (nSPS) is 16.5. The number of rotatable bonds is 5. The van der Waals surface area contributed by atoms with E-state index in [1.807, 2.05) is 54.6 Å². The molecule has 1 aliphatic heterocycles. The second-order valence-corrected chi connectivity index (χ2v) is 6.23. The molecule has 0 aliphatic carbocycles. The standard InChI is InChI=1S/C20H24N2O2/c21-15-17-7-5-4-6-16(17)14-19(23)24-20(10-12-22-13-11-20)18-8-2-1-3-9-18/h1-9,22H,10-15,21H2. The van der Waals surface area contributed by atoms with Crippen molar-refractivity contribution in [3.8, 4) is 0 Å². The highest BCUT2D eigenvalue weighted by atomic mass is 16.6. The number of nitrogens with two attached hydrogens (primary N) is 1. The van der Waals surface area contributed by atoms with Gasteiger partial charge in [-0.1, -0.05) is 54.6 Å². The van der Waals surface area contributed by atoms with Crippen LogP contribution in [0.15, 0.2) is 54.6 Å². The van der Waals surface area contributed by atoms with Crippen molar-refractivity contribution in [1.82, 2.24) is 5.32 Å². The van der Waals surface area contributed by atoms with Gasteiger partial charge in [-0.05, 0) is 29.8 Å². The minimum absolute atomic E-state index is 0.193. The van der Waals surface area contributed by atoms with Crippen LogP contribution in [0.1, 0.15) is 29.5 Å². The molecule has 1 saturated heterocycles. The smallest absolute Gasteiger partial charge is 0.311 e. The molecule has 2 aromatic carbocycles. The zero-order chi connectivity index (χ0) is 16.8. The summed E-state index contributed by atoms with van der Waals surface area (Å²) in [7, 11) is 0. The minimum Gasteiger partial charge on any atom is -0.454 e. The van der Waals surface area contributed by atoms with Crippen LogP contribution in [0, 0.1) is 0 Å². The second kappa shape index (κ2) is 7.60. The van der Waals surface area contributed by atoms with Gasteiger partial charge < -0.3 is 15.8 Å². The lowest BCUT2D eigenvalue weighted by Crippen LogP contribution is -2.43. The molecule has 0 saturated carbocycles. The molecule has 24 heavy (non-hydrogen) atoms. The molecule has 126 valence electrons. The summed E-state index contributed by atoms with van der Waals surface area (Å²) in [5, 5.41) is 3.34. The van der Waals surface area contributed by atoms with Gasteiger partial charge in [0.15, 0.2) is 0 Å². The molecule has 3 rings (SSSR count). The van der Waals surface area contributed by atoms with Crippen LogP contribution in [0.4, 0.5) is 0 Å². The summed E-state index contributed by atoms with van der Waals surface area (Å²) in [6.07, 6.45) is 1.85. The van der Waals surface area contributed by atoms with Crippen LogP contribution in [-0.4, -0.2) is 19.1 Å². The Morgan fingerprint density at radius 2 is 1.62 bits per heavy atom. The van der Waals surface area contributed by atoms with E-state index in [9.17, 15) is 4.79 Å². The van der Waals surface area contributed by atoms with E-state index < -0.39 is 5.60 Å². The van der Waals surface area contributed by atoms with Crippen LogP contribution in [-0.2, 0) is 28.1 Å². The number of benzene rings is 2. The molecule has 1 fully saturated rings. The fraction of sp³-hybridized carbons (Fsp3) is 0.350. The Balaban J connectivity index is 1.79. The highest BCUT2D eigenvalue weighted by Gasteiger charge is 2.37. The second-order valence-electron chi connectivity index (χ2n) is 6.23. The predicted octanol–water partition coefficient (Wildman–Crippen LogP) is 2.51. The van der Waals surface area contributed by atoms with Crippen LogP contribution < -0.4 is 11.1 Å². The van der Waals surface area contributed by atoms with Gasteiger partial charge in [0, 0.05) is 19.4 Å². The topological polar surface area (TPSA) is 64.4 Å². The van der Waals surface area contributed by atoms with Gasteiger partial charge in [0.1, 0.15) is 5.60 Å². The minimum atomic E-state index is -0.527. The van der Waals surface area contributed by atoms with E-state index in [1.165, 1.54) is 0 Å². The van der Waals surface area contributed by atoms with Crippen molar-refractivity contribution in [3.05, 3.63) is 71.3 Å². The van der Waals surface area contributed by atoms with Crippen LogP contribution in [0.25, 0.3) is 0 Å². The number of carbonyl (C=O) groups is 1. The van der Waals surface area contributed by atoms with Gasteiger partial charge in [-0.15, -0.1) is 0 Å². The molecule has 0 radical (unpaired) electrons. The van der Waals surface area contributed by atoms with E-state index in [-0.39, 0.29) is 12.4 Å². The number of piperidine rings is 1. The molecule has 1 aliphatic rings. The van der Waals surface area contributed by atoms with Crippen molar-refractivity contribution in [1.29, 1.82) is 0 Å². The Hall–Kier alpha value is -2.17. The summed E-state index contributed by atoms with van der Waals surface area (Å²) in [5.74, 6) is -0.193. The molecule has 0 spiro atoms. The Bertz CT molecular complexity index is 679. The molecule has 3 N–H and O–H groups in total. The summed E-state index contributed by atoms with van der Waals surface area (Å²) < 4.78 is 6.05. The number of hydrogen-bond donors (Lipinski definition) is 2. The fourth-order valence-corrected chi connectivity index (χ4v) is 3.36. The Labute approximate surface area is 143 Å². The van der Waals surface area contributed by atoms with Crippen molar-refractivity contribution >= 4 is 5.97 Å². The van der Waals surface area contributed by atoms with E-state index in [1.54, 1.807) is 0 Å². The maximum absolute atomic E-state index is 12.6. The lowest BCUT2D eigenvalue weighted by Gasteiger charge is -2.37. The first-order chi connectivity index (χ1) is 11.7. The number of esters is 1. The maximum Gasteiger partial charge on any atom is 0.311 e. The molecule has 0 bridgehead atoms. The average molecular weight is 324 g/mol. The molecule has 2 aromatic rings. The first-order valence-electron chi connectivity index (χ1n) is 8.48. The highest BCUT2D eigenvalue weighted by molar-refractivity contribution is 5.73. The summed E-state index contributed by atoms with van der Waals surface area (Å²) in [5.41, 5.74) is 8.26. The number of carbonyl (C=O) groups excluding carboxylic acids is 1. The number of hydrogen-bond acceptors (Lipinski definition) is 4. The van der Waals surface area contributed by atoms with Crippen LogP contribution in [0.5, 0.6) is 0 Å². The highest BCUT2D eigenvalue weighted by Crippen LogP contribution is 2.35. The zero-order valence-electron chi connectivity index (χ0n) is 13.8. The monoisotopic (exact) mass is 324 g/mol. The fourth-order valence-electron chi connectivity index (χ4n) is 3.36. The molecule has 0 unspecified atom stereocenters. The maximum atomic E-state index is 12.6. The molecule has 4 nitrogen and oxygen atoms in total. The van der Waals surface area contributed by atoms with Crippen molar-refractivity contribution in [3.63, 3.8) is 0 Å². The van der Waals surface area contributed by atoms with E-state index >= 15 is 0 Å². The van der Waals surface area contributed by atoms with Gasteiger partial charge in [0.05, 0.1) is 6.42 Å².